The minimum absolute atomic E-state index is 0.156. The normalized spacial score (nSPS) is 12.8. The van der Waals surface area contributed by atoms with Crippen LogP contribution in [0.15, 0.2) is 18.2 Å². The molecule has 4 heteroatoms. The van der Waals surface area contributed by atoms with Gasteiger partial charge in [-0.2, -0.15) is 11.8 Å². The van der Waals surface area contributed by atoms with Gasteiger partial charge in [0.2, 0.25) is 0 Å². The zero-order chi connectivity index (χ0) is 11.3. The SMILES string of the molecule is CC(CCCl)SCc1c(F)cccc1F. The maximum absolute atomic E-state index is 13.2. The second-order valence-corrected chi connectivity index (χ2v) is 5.10. The Hall–Kier alpha value is -0.280. The third kappa shape index (κ3) is 3.99. The number of hydrogen-bond donors (Lipinski definition) is 0. The second-order valence-electron chi connectivity index (χ2n) is 3.30. The topological polar surface area (TPSA) is 0 Å². The molecule has 1 atom stereocenters. The zero-order valence-corrected chi connectivity index (χ0v) is 10.0. The quantitative estimate of drug-likeness (QED) is 0.706. The van der Waals surface area contributed by atoms with Crippen molar-refractivity contribution in [1.82, 2.24) is 0 Å². The second kappa shape index (κ2) is 6.33. The molecule has 0 nitrogen and oxygen atoms in total. The standard InChI is InChI=1S/C11H13ClF2S/c1-8(5-6-12)15-7-9-10(13)3-2-4-11(9)14/h2-4,8H,5-7H2,1H3. The van der Waals surface area contributed by atoms with Crippen LogP contribution in [0.3, 0.4) is 0 Å². The third-order valence-electron chi connectivity index (χ3n) is 2.09. The Balaban J connectivity index is 2.57. The van der Waals surface area contributed by atoms with Crippen molar-refractivity contribution in [2.45, 2.75) is 24.3 Å². The van der Waals surface area contributed by atoms with Gasteiger partial charge >= 0.3 is 0 Å². The van der Waals surface area contributed by atoms with E-state index in [4.69, 9.17) is 11.6 Å². The van der Waals surface area contributed by atoms with Crippen LogP contribution in [0.4, 0.5) is 8.78 Å². The summed E-state index contributed by atoms with van der Waals surface area (Å²) in [5, 5.41) is 0.321. The minimum atomic E-state index is -0.472. The maximum Gasteiger partial charge on any atom is 0.130 e. The molecular weight excluding hydrogens is 238 g/mol. The number of alkyl halides is 1. The van der Waals surface area contributed by atoms with Gasteiger partial charge in [0.15, 0.2) is 0 Å². The molecule has 15 heavy (non-hydrogen) atoms. The van der Waals surface area contributed by atoms with E-state index in [9.17, 15) is 8.78 Å². The van der Waals surface area contributed by atoms with Crippen molar-refractivity contribution in [3.63, 3.8) is 0 Å². The van der Waals surface area contributed by atoms with E-state index in [-0.39, 0.29) is 5.56 Å². The Bertz CT molecular complexity index is 297. The summed E-state index contributed by atoms with van der Waals surface area (Å²) in [6.45, 7) is 2.01. The van der Waals surface area contributed by atoms with Gasteiger partial charge < -0.3 is 0 Å². The summed E-state index contributed by atoms with van der Waals surface area (Å²) in [5.74, 6) is -0.00838. The van der Waals surface area contributed by atoms with E-state index in [2.05, 4.69) is 0 Å². The minimum Gasteiger partial charge on any atom is -0.207 e. The first-order chi connectivity index (χ1) is 7.15. The average Bonchev–Trinajstić information content (AvgIpc) is 2.17. The number of benzene rings is 1. The van der Waals surface area contributed by atoms with Crippen molar-refractivity contribution >= 4 is 23.4 Å². The molecule has 0 N–H and O–H groups in total. The first kappa shape index (κ1) is 12.8. The number of thioether (sulfide) groups is 1. The monoisotopic (exact) mass is 250 g/mol. The van der Waals surface area contributed by atoms with Crippen molar-refractivity contribution in [1.29, 1.82) is 0 Å². The van der Waals surface area contributed by atoms with Crippen molar-refractivity contribution < 1.29 is 8.78 Å². The van der Waals surface area contributed by atoms with Crippen molar-refractivity contribution in [3.05, 3.63) is 35.4 Å². The van der Waals surface area contributed by atoms with Crippen LogP contribution in [0.5, 0.6) is 0 Å². The average molecular weight is 251 g/mol. The molecular formula is C11H13ClF2S. The van der Waals surface area contributed by atoms with Crippen molar-refractivity contribution in [3.8, 4) is 0 Å². The highest BCUT2D eigenvalue weighted by Crippen LogP contribution is 2.23. The van der Waals surface area contributed by atoms with Gasteiger partial charge in [-0.1, -0.05) is 13.0 Å². The molecule has 1 unspecified atom stereocenters. The lowest BCUT2D eigenvalue weighted by Gasteiger charge is -2.10. The maximum atomic E-state index is 13.2. The van der Waals surface area contributed by atoms with Crippen LogP contribution in [0.25, 0.3) is 0 Å². The van der Waals surface area contributed by atoms with Gasteiger partial charge in [0.05, 0.1) is 0 Å². The van der Waals surface area contributed by atoms with E-state index in [1.54, 1.807) is 0 Å². The molecule has 0 saturated carbocycles. The Kier molecular flexibility index (Phi) is 5.40. The third-order valence-corrected chi connectivity index (χ3v) is 3.57. The Morgan fingerprint density at radius 3 is 2.47 bits per heavy atom. The molecule has 0 aliphatic heterocycles. The molecule has 0 aliphatic carbocycles. The molecule has 0 saturated heterocycles. The summed E-state index contributed by atoms with van der Waals surface area (Å²) in [6, 6.07) is 3.94. The summed E-state index contributed by atoms with van der Waals surface area (Å²) in [4.78, 5) is 0. The first-order valence-corrected chi connectivity index (χ1v) is 6.34. The molecule has 1 rings (SSSR count). The van der Waals surface area contributed by atoms with E-state index in [1.165, 1.54) is 30.0 Å². The van der Waals surface area contributed by atoms with Crippen LogP contribution in [0.2, 0.25) is 0 Å². The van der Waals surface area contributed by atoms with E-state index >= 15 is 0 Å². The number of halogens is 3. The van der Waals surface area contributed by atoms with E-state index in [0.717, 1.165) is 6.42 Å². The summed E-state index contributed by atoms with van der Waals surface area (Å²) >= 11 is 7.10. The van der Waals surface area contributed by atoms with Gasteiger partial charge in [0.25, 0.3) is 0 Å². The van der Waals surface area contributed by atoms with Gasteiger partial charge in [-0.05, 0) is 18.6 Å². The molecule has 84 valence electrons. The fraction of sp³-hybridized carbons (Fsp3) is 0.455. The largest absolute Gasteiger partial charge is 0.207 e. The molecule has 0 amide bonds. The predicted molar refractivity (Wildman–Crippen MR) is 62.5 cm³/mol. The molecule has 0 aliphatic rings. The van der Waals surface area contributed by atoms with E-state index in [1.807, 2.05) is 6.92 Å². The highest BCUT2D eigenvalue weighted by Gasteiger charge is 2.10. The molecule has 0 bridgehead atoms. The summed E-state index contributed by atoms with van der Waals surface area (Å²) in [5.41, 5.74) is 0.156. The summed E-state index contributed by atoms with van der Waals surface area (Å²) < 4.78 is 26.4. The van der Waals surface area contributed by atoms with Crippen molar-refractivity contribution in [2.75, 3.05) is 5.88 Å². The Morgan fingerprint density at radius 2 is 1.93 bits per heavy atom. The van der Waals surface area contributed by atoms with Gasteiger partial charge in [-0.25, -0.2) is 8.78 Å². The number of rotatable bonds is 5. The van der Waals surface area contributed by atoms with Gasteiger partial charge in [-0.3, -0.25) is 0 Å². The highest BCUT2D eigenvalue weighted by atomic mass is 35.5. The highest BCUT2D eigenvalue weighted by molar-refractivity contribution is 7.99. The molecule has 1 aromatic rings. The lowest BCUT2D eigenvalue weighted by molar-refractivity contribution is 0.566. The molecule has 1 aromatic carbocycles. The van der Waals surface area contributed by atoms with Gasteiger partial charge in [-0.15, -0.1) is 11.6 Å². The molecule has 0 heterocycles. The predicted octanol–water partition coefficient (Wildman–Crippen LogP) is 4.22. The molecule has 0 aromatic heterocycles. The van der Waals surface area contributed by atoms with Crippen LogP contribution in [-0.4, -0.2) is 11.1 Å². The zero-order valence-electron chi connectivity index (χ0n) is 8.47. The van der Waals surface area contributed by atoms with Crippen LogP contribution in [0, 0.1) is 11.6 Å². The molecule has 0 radical (unpaired) electrons. The fourth-order valence-electron chi connectivity index (χ4n) is 1.13. The lowest BCUT2D eigenvalue weighted by atomic mass is 10.2. The van der Waals surface area contributed by atoms with Crippen LogP contribution >= 0.6 is 23.4 Å². The fourth-order valence-corrected chi connectivity index (χ4v) is 2.60. The van der Waals surface area contributed by atoms with Gasteiger partial charge in [0, 0.05) is 22.4 Å². The number of hydrogen-bond acceptors (Lipinski definition) is 1. The molecule has 0 spiro atoms. The lowest BCUT2D eigenvalue weighted by Crippen LogP contribution is -2.00. The molecule has 0 fully saturated rings. The van der Waals surface area contributed by atoms with Crippen LogP contribution < -0.4 is 0 Å². The Labute approximate surface area is 98.0 Å². The summed E-state index contributed by atoms with van der Waals surface area (Å²) in [6.07, 6.45) is 0.849. The van der Waals surface area contributed by atoms with E-state index < -0.39 is 11.6 Å². The van der Waals surface area contributed by atoms with Gasteiger partial charge in [0.1, 0.15) is 11.6 Å². The first-order valence-electron chi connectivity index (χ1n) is 4.75. The van der Waals surface area contributed by atoms with Crippen LogP contribution in [-0.2, 0) is 5.75 Å². The Morgan fingerprint density at radius 1 is 1.33 bits per heavy atom. The van der Waals surface area contributed by atoms with Crippen molar-refractivity contribution in [2.24, 2.45) is 0 Å². The summed E-state index contributed by atoms with van der Waals surface area (Å²) in [7, 11) is 0. The smallest absolute Gasteiger partial charge is 0.130 e. The van der Waals surface area contributed by atoms with Crippen LogP contribution in [0.1, 0.15) is 18.9 Å². The van der Waals surface area contributed by atoms with E-state index in [0.29, 0.717) is 16.9 Å².